The normalized spacial score (nSPS) is 9.00. The minimum absolute atomic E-state index is 0. The van der Waals surface area contributed by atoms with Crippen molar-refractivity contribution < 1.29 is 12.4 Å². The zero-order chi connectivity index (χ0) is 7.40. The molecule has 1 rings (SSSR count). The van der Waals surface area contributed by atoms with Crippen LogP contribution in [0.4, 0.5) is 5.69 Å². The first-order valence-electron chi connectivity index (χ1n) is 3.18. The van der Waals surface area contributed by atoms with Crippen LogP contribution in [0.15, 0.2) is 30.3 Å². The van der Waals surface area contributed by atoms with Gasteiger partial charge in [0.1, 0.15) is 12.5 Å². The summed E-state index contributed by atoms with van der Waals surface area (Å²) in [5, 5.41) is 0. The maximum atomic E-state index is 3.33. The third-order valence-corrected chi connectivity index (χ3v) is 1.74. The van der Waals surface area contributed by atoms with Crippen LogP contribution < -0.4 is 17.1 Å². The highest BCUT2D eigenvalue weighted by Gasteiger charge is 1.99. The van der Waals surface area contributed by atoms with E-state index in [1.54, 1.807) is 0 Å². The number of nitrogens with one attached hydrogen (secondary N) is 1. The highest BCUT2D eigenvalue weighted by Crippen LogP contribution is 2.05. The zero-order valence-electron chi connectivity index (χ0n) is 6.67. The fraction of sp³-hybridized carbons (Fsp3) is 0.250. The molecular formula is C8H12ClNS. The van der Waals surface area contributed by atoms with Crippen LogP contribution in [0.1, 0.15) is 0 Å². The summed E-state index contributed by atoms with van der Waals surface area (Å²) in [5.74, 6) is 0. The van der Waals surface area contributed by atoms with Crippen LogP contribution in [-0.4, -0.2) is 12.5 Å². The molecule has 1 aromatic rings. The smallest absolute Gasteiger partial charge is 0.122 e. The third kappa shape index (κ3) is 4.17. The van der Waals surface area contributed by atoms with Gasteiger partial charge in [-0.2, -0.15) is 0 Å². The summed E-state index contributed by atoms with van der Waals surface area (Å²) in [5.41, 5.74) is 1.20. The van der Waals surface area contributed by atoms with Crippen LogP contribution in [0, 0.1) is 0 Å². The summed E-state index contributed by atoms with van der Waals surface area (Å²) < 4.78 is 3.33. The first kappa shape index (κ1) is 10.7. The Hall–Kier alpha value is -0.340. The topological polar surface area (TPSA) is 12.0 Å². The van der Waals surface area contributed by atoms with Gasteiger partial charge in [-0.3, -0.25) is 0 Å². The van der Waals surface area contributed by atoms with E-state index >= 15 is 0 Å². The summed E-state index contributed by atoms with van der Waals surface area (Å²) in [4.78, 5) is 0. The van der Waals surface area contributed by atoms with Crippen molar-refractivity contribution in [3.63, 3.8) is 0 Å². The van der Waals surface area contributed by atoms with E-state index in [9.17, 15) is 0 Å². The lowest BCUT2D eigenvalue weighted by Crippen LogP contribution is -3.00. The van der Waals surface area contributed by atoms with Crippen molar-refractivity contribution in [1.29, 1.82) is 0 Å². The lowest BCUT2D eigenvalue weighted by Gasteiger charge is -1.98. The minimum Gasteiger partial charge on any atom is -1.00 e. The zero-order valence-corrected chi connectivity index (χ0v) is 8.25. The van der Waals surface area contributed by atoms with Gasteiger partial charge < -0.3 is 12.4 Å². The molecule has 0 aliphatic carbocycles. The Morgan fingerprint density at radius 1 is 1.09 bits per heavy atom. The molecule has 11 heavy (non-hydrogen) atoms. The number of benzene rings is 1. The van der Waals surface area contributed by atoms with E-state index in [1.165, 1.54) is 5.69 Å². The van der Waals surface area contributed by atoms with Gasteiger partial charge in [-0.1, -0.05) is 18.2 Å². The van der Waals surface area contributed by atoms with Gasteiger partial charge in [0.25, 0.3) is 0 Å². The maximum Gasteiger partial charge on any atom is 0.122 e. The van der Waals surface area contributed by atoms with Crippen LogP contribution in [0.5, 0.6) is 0 Å². The van der Waals surface area contributed by atoms with Gasteiger partial charge in [-0.25, -0.2) is 4.72 Å². The van der Waals surface area contributed by atoms with E-state index in [0.29, 0.717) is 0 Å². The predicted octanol–water partition coefficient (Wildman–Crippen LogP) is -1.10. The van der Waals surface area contributed by atoms with E-state index in [2.05, 4.69) is 29.4 Å². The standard InChI is InChI=1S/C8H12NS.ClH/c1-10(2)9-8-6-4-3-5-7-8;/h3-7,9H,1-2H3;1H/q+1;/p-1. The van der Waals surface area contributed by atoms with Gasteiger partial charge in [0.05, 0.1) is 16.8 Å². The van der Waals surface area contributed by atoms with Gasteiger partial charge in [0.2, 0.25) is 0 Å². The first-order chi connectivity index (χ1) is 4.79. The molecule has 1 aromatic carbocycles. The minimum atomic E-state index is 0. The Balaban J connectivity index is 0.000001000. The van der Waals surface area contributed by atoms with Gasteiger partial charge in [-0.15, -0.1) is 0 Å². The predicted molar refractivity (Wildman–Crippen MR) is 49.3 cm³/mol. The molecular weight excluding hydrogens is 178 g/mol. The molecule has 0 aliphatic rings. The molecule has 0 spiro atoms. The van der Waals surface area contributed by atoms with Crippen molar-refractivity contribution in [1.82, 2.24) is 0 Å². The molecule has 0 aromatic heterocycles. The third-order valence-electron chi connectivity index (χ3n) is 1.10. The largest absolute Gasteiger partial charge is 1.00 e. The van der Waals surface area contributed by atoms with Crippen molar-refractivity contribution in [2.75, 3.05) is 17.2 Å². The maximum absolute atomic E-state index is 3.33. The lowest BCUT2D eigenvalue weighted by molar-refractivity contribution is -0.00000216. The van der Waals surface area contributed by atoms with Gasteiger partial charge in [0.15, 0.2) is 0 Å². The highest BCUT2D eigenvalue weighted by molar-refractivity contribution is 7.96. The fourth-order valence-electron chi connectivity index (χ4n) is 0.742. The van der Waals surface area contributed by atoms with Crippen LogP contribution in [-0.2, 0) is 11.1 Å². The van der Waals surface area contributed by atoms with Crippen LogP contribution in [0.3, 0.4) is 0 Å². The summed E-state index contributed by atoms with van der Waals surface area (Å²) in [7, 11) is 0. The van der Waals surface area contributed by atoms with Crippen molar-refractivity contribution in [3.05, 3.63) is 30.3 Å². The van der Waals surface area contributed by atoms with Crippen LogP contribution >= 0.6 is 0 Å². The molecule has 0 heterocycles. The van der Waals surface area contributed by atoms with Crippen molar-refractivity contribution in [2.24, 2.45) is 0 Å². The fourth-order valence-corrected chi connectivity index (χ4v) is 1.35. The summed E-state index contributed by atoms with van der Waals surface area (Å²) in [6.45, 7) is 0. The second-order valence-corrected chi connectivity index (χ2v) is 4.12. The molecule has 3 heteroatoms. The molecule has 0 unspecified atom stereocenters. The Morgan fingerprint density at radius 3 is 2.09 bits per heavy atom. The van der Waals surface area contributed by atoms with Crippen molar-refractivity contribution in [3.8, 4) is 0 Å². The van der Waals surface area contributed by atoms with Crippen LogP contribution in [0.2, 0.25) is 0 Å². The number of rotatable bonds is 2. The number of hydrogen-bond donors (Lipinski definition) is 1. The Labute approximate surface area is 77.1 Å². The van der Waals surface area contributed by atoms with Gasteiger partial charge >= 0.3 is 0 Å². The SMILES string of the molecule is C[S+](C)Nc1ccccc1.[Cl-]. The average Bonchev–Trinajstić information content (AvgIpc) is 1.88. The molecule has 0 aliphatic heterocycles. The lowest BCUT2D eigenvalue weighted by atomic mass is 10.3. The highest BCUT2D eigenvalue weighted by atomic mass is 35.5. The van der Waals surface area contributed by atoms with Gasteiger partial charge in [0, 0.05) is 0 Å². The molecule has 1 nitrogen and oxygen atoms in total. The van der Waals surface area contributed by atoms with Crippen molar-refractivity contribution in [2.45, 2.75) is 0 Å². The Morgan fingerprint density at radius 2 is 1.64 bits per heavy atom. The molecule has 0 bridgehead atoms. The number of anilines is 1. The second kappa shape index (κ2) is 5.33. The summed E-state index contributed by atoms with van der Waals surface area (Å²) >= 11 is 0.283. The Bertz CT molecular complexity index is 189. The van der Waals surface area contributed by atoms with E-state index < -0.39 is 0 Å². The molecule has 62 valence electrons. The average molecular weight is 190 g/mol. The van der Waals surface area contributed by atoms with Crippen LogP contribution in [0.25, 0.3) is 0 Å². The van der Waals surface area contributed by atoms with Gasteiger partial charge in [-0.05, 0) is 12.1 Å². The molecule has 0 atom stereocenters. The monoisotopic (exact) mass is 189 g/mol. The Kier molecular flexibility index (Phi) is 5.16. The second-order valence-electron chi connectivity index (χ2n) is 2.28. The molecule has 0 fully saturated rings. The quantitative estimate of drug-likeness (QED) is 0.583. The summed E-state index contributed by atoms with van der Waals surface area (Å²) in [6.07, 6.45) is 4.32. The molecule has 0 saturated heterocycles. The van der Waals surface area contributed by atoms with E-state index in [0.717, 1.165) is 0 Å². The molecule has 0 amide bonds. The summed E-state index contributed by atoms with van der Waals surface area (Å²) in [6, 6.07) is 10.2. The molecule has 0 saturated carbocycles. The molecule has 1 N–H and O–H groups in total. The number of halogens is 1. The van der Waals surface area contributed by atoms with E-state index in [4.69, 9.17) is 0 Å². The molecule has 0 radical (unpaired) electrons. The van der Waals surface area contributed by atoms with E-state index in [1.807, 2.05) is 18.2 Å². The number of para-hydroxylation sites is 1. The van der Waals surface area contributed by atoms with E-state index in [-0.39, 0.29) is 23.5 Å². The first-order valence-corrected chi connectivity index (χ1v) is 5.22. The number of hydrogen-bond acceptors (Lipinski definition) is 1. The van der Waals surface area contributed by atoms with Crippen molar-refractivity contribution >= 4 is 16.8 Å².